The molecule has 7 heteroatoms. The van der Waals surface area contributed by atoms with Crippen LogP contribution in [0.4, 0.5) is 0 Å². The summed E-state index contributed by atoms with van der Waals surface area (Å²) in [5.74, 6) is 3.40. The highest BCUT2D eigenvalue weighted by Crippen LogP contribution is 2.36. The van der Waals surface area contributed by atoms with Gasteiger partial charge in [-0.2, -0.15) is 0 Å². The Hall–Kier alpha value is -2.54. The minimum absolute atomic E-state index is 0.200. The first-order valence-electron chi connectivity index (χ1n) is 10.7. The number of fused-ring (bicyclic) bond motifs is 1. The highest BCUT2D eigenvalue weighted by atomic mass is 32.2. The average molecular weight is 423 g/mol. The number of thioether (sulfide) groups is 1. The Bertz CT molecular complexity index is 986. The first-order valence-corrected chi connectivity index (χ1v) is 11.7. The molecule has 156 valence electrons. The Labute approximate surface area is 180 Å². The number of furan rings is 1. The fraction of sp³-hybridized carbons (Fsp3) is 0.435. The van der Waals surface area contributed by atoms with Gasteiger partial charge in [0.25, 0.3) is 0 Å². The molecule has 1 aliphatic heterocycles. The molecule has 1 saturated heterocycles. The van der Waals surface area contributed by atoms with Crippen molar-refractivity contribution in [2.45, 2.75) is 37.3 Å². The van der Waals surface area contributed by atoms with Crippen molar-refractivity contribution in [3.05, 3.63) is 48.7 Å². The van der Waals surface area contributed by atoms with E-state index in [1.807, 2.05) is 47.0 Å². The number of nitrogens with zero attached hydrogens (tertiary/aromatic N) is 4. The second-order valence-electron chi connectivity index (χ2n) is 8.18. The van der Waals surface area contributed by atoms with E-state index < -0.39 is 0 Å². The van der Waals surface area contributed by atoms with Gasteiger partial charge in [0.15, 0.2) is 10.9 Å². The number of hydrogen-bond donors (Lipinski definition) is 0. The van der Waals surface area contributed by atoms with Crippen LogP contribution in [0.1, 0.15) is 32.1 Å². The van der Waals surface area contributed by atoms with Gasteiger partial charge >= 0.3 is 0 Å². The van der Waals surface area contributed by atoms with Crippen molar-refractivity contribution >= 4 is 17.7 Å². The lowest BCUT2D eigenvalue weighted by atomic mass is 9.75. The van der Waals surface area contributed by atoms with Gasteiger partial charge in [0.05, 0.1) is 12.0 Å². The Morgan fingerprint density at radius 3 is 2.67 bits per heavy atom. The largest absolute Gasteiger partial charge is 0.461 e. The third-order valence-electron chi connectivity index (χ3n) is 6.36. The number of piperidine rings is 1. The summed E-state index contributed by atoms with van der Waals surface area (Å²) >= 11 is 1.45. The van der Waals surface area contributed by atoms with Gasteiger partial charge < -0.3 is 9.32 Å². The Morgan fingerprint density at radius 2 is 1.87 bits per heavy atom. The van der Waals surface area contributed by atoms with E-state index in [0.29, 0.717) is 28.4 Å². The maximum Gasteiger partial charge on any atom is 0.233 e. The zero-order chi connectivity index (χ0) is 20.3. The van der Waals surface area contributed by atoms with Crippen LogP contribution in [0.3, 0.4) is 0 Å². The number of carbonyl (C=O) groups excluding carboxylic acids is 1. The number of likely N-dealkylation sites (tertiary alicyclic amines) is 1. The lowest BCUT2D eigenvalue weighted by Crippen LogP contribution is -2.45. The zero-order valence-electron chi connectivity index (χ0n) is 16.9. The van der Waals surface area contributed by atoms with E-state index in [1.54, 1.807) is 6.26 Å². The molecule has 1 aliphatic carbocycles. The van der Waals surface area contributed by atoms with E-state index in [1.165, 1.54) is 37.4 Å². The minimum atomic E-state index is 0.200. The van der Waals surface area contributed by atoms with Gasteiger partial charge in [0.2, 0.25) is 11.7 Å². The molecule has 0 bridgehead atoms. The Balaban J connectivity index is 1.32. The van der Waals surface area contributed by atoms with Crippen LogP contribution < -0.4 is 0 Å². The Kier molecular flexibility index (Phi) is 5.62. The third-order valence-corrected chi connectivity index (χ3v) is 7.27. The summed E-state index contributed by atoms with van der Waals surface area (Å²) in [6, 6.07) is 13.7. The number of benzene rings is 1. The molecule has 1 amide bonds. The maximum absolute atomic E-state index is 13.0. The normalized spacial score (nSPS) is 21.4. The molecule has 5 rings (SSSR count). The van der Waals surface area contributed by atoms with Gasteiger partial charge in [-0.1, -0.05) is 49.2 Å². The second-order valence-corrected chi connectivity index (χ2v) is 9.12. The van der Waals surface area contributed by atoms with Crippen molar-refractivity contribution in [2.24, 2.45) is 11.8 Å². The van der Waals surface area contributed by atoms with Crippen molar-refractivity contribution in [3.63, 3.8) is 0 Å². The van der Waals surface area contributed by atoms with Crippen LogP contribution >= 0.6 is 11.8 Å². The molecule has 0 radical (unpaired) electrons. The fourth-order valence-corrected chi connectivity index (χ4v) is 5.64. The number of aromatic nitrogens is 3. The van der Waals surface area contributed by atoms with Crippen LogP contribution in [0.2, 0.25) is 0 Å². The molecule has 3 aromatic rings. The van der Waals surface area contributed by atoms with E-state index in [-0.39, 0.29) is 5.91 Å². The topological polar surface area (TPSA) is 64.2 Å². The summed E-state index contributed by atoms with van der Waals surface area (Å²) in [4.78, 5) is 15.0. The molecule has 2 atom stereocenters. The monoisotopic (exact) mass is 422 g/mol. The fourth-order valence-electron chi connectivity index (χ4n) is 4.78. The standard InChI is InChI=1S/C23H26N4O2S/c28-21(26-13-12-17-7-4-5-8-18(17)15-26)16-30-23-25-24-22(20-11-6-14-29-20)27(23)19-9-2-1-3-10-19/h1-3,6,9-11,14,17-18H,4-5,7-8,12-13,15-16H2/t17-,18+/m1/s1. The second kappa shape index (κ2) is 8.68. The quantitative estimate of drug-likeness (QED) is 0.560. The van der Waals surface area contributed by atoms with E-state index in [2.05, 4.69) is 15.1 Å². The van der Waals surface area contributed by atoms with Crippen LogP contribution in [-0.2, 0) is 4.79 Å². The number of hydrogen-bond acceptors (Lipinski definition) is 5. The molecule has 1 saturated carbocycles. The number of rotatable bonds is 5. The summed E-state index contributed by atoms with van der Waals surface area (Å²) in [5.41, 5.74) is 0.951. The zero-order valence-corrected chi connectivity index (χ0v) is 17.8. The highest BCUT2D eigenvalue weighted by molar-refractivity contribution is 7.99. The molecule has 3 heterocycles. The van der Waals surface area contributed by atoms with E-state index in [0.717, 1.165) is 31.1 Å². The number of amides is 1. The van der Waals surface area contributed by atoms with Crippen molar-refractivity contribution in [3.8, 4) is 17.3 Å². The van der Waals surface area contributed by atoms with Crippen LogP contribution in [0, 0.1) is 11.8 Å². The van der Waals surface area contributed by atoms with Crippen molar-refractivity contribution in [1.82, 2.24) is 19.7 Å². The maximum atomic E-state index is 13.0. The van der Waals surface area contributed by atoms with Gasteiger partial charge in [-0.25, -0.2) is 0 Å². The number of para-hydroxylation sites is 1. The van der Waals surface area contributed by atoms with Gasteiger partial charge in [0.1, 0.15) is 0 Å². The summed E-state index contributed by atoms with van der Waals surface area (Å²) in [5, 5.41) is 9.43. The minimum Gasteiger partial charge on any atom is -0.461 e. The molecule has 30 heavy (non-hydrogen) atoms. The summed E-state index contributed by atoms with van der Waals surface area (Å²) in [6.07, 6.45) is 8.08. The van der Waals surface area contributed by atoms with Crippen molar-refractivity contribution in [1.29, 1.82) is 0 Å². The van der Waals surface area contributed by atoms with Crippen LogP contribution in [0.25, 0.3) is 17.3 Å². The first-order chi connectivity index (χ1) is 14.8. The lowest BCUT2D eigenvalue weighted by molar-refractivity contribution is -0.131. The summed E-state index contributed by atoms with van der Waals surface area (Å²) < 4.78 is 7.52. The molecule has 1 aromatic carbocycles. The van der Waals surface area contributed by atoms with Crippen LogP contribution in [-0.4, -0.2) is 44.4 Å². The molecule has 0 N–H and O–H groups in total. The highest BCUT2D eigenvalue weighted by Gasteiger charge is 2.33. The van der Waals surface area contributed by atoms with Crippen molar-refractivity contribution in [2.75, 3.05) is 18.8 Å². The van der Waals surface area contributed by atoms with Gasteiger partial charge in [-0.3, -0.25) is 9.36 Å². The van der Waals surface area contributed by atoms with Gasteiger partial charge in [-0.15, -0.1) is 10.2 Å². The molecule has 2 aromatic heterocycles. The number of carbonyl (C=O) groups is 1. The van der Waals surface area contributed by atoms with Gasteiger partial charge in [0, 0.05) is 18.8 Å². The first kappa shape index (κ1) is 19.4. The Morgan fingerprint density at radius 1 is 1.03 bits per heavy atom. The molecular weight excluding hydrogens is 396 g/mol. The van der Waals surface area contributed by atoms with E-state index in [9.17, 15) is 4.79 Å². The third kappa shape index (κ3) is 3.90. The summed E-state index contributed by atoms with van der Waals surface area (Å²) in [7, 11) is 0. The van der Waals surface area contributed by atoms with E-state index in [4.69, 9.17) is 4.42 Å². The molecule has 2 fully saturated rings. The van der Waals surface area contributed by atoms with Crippen molar-refractivity contribution < 1.29 is 9.21 Å². The average Bonchev–Trinajstić information content (AvgIpc) is 3.47. The predicted octanol–water partition coefficient (Wildman–Crippen LogP) is 4.66. The van der Waals surface area contributed by atoms with Gasteiger partial charge in [-0.05, 0) is 48.9 Å². The predicted molar refractivity (Wildman–Crippen MR) is 116 cm³/mol. The van der Waals surface area contributed by atoms with Crippen LogP contribution in [0.5, 0.6) is 0 Å². The lowest BCUT2D eigenvalue weighted by Gasteiger charge is -2.41. The van der Waals surface area contributed by atoms with E-state index >= 15 is 0 Å². The van der Waals surface area contributed by atoms with Crippen LogP contribution in [0.15, 0.2) is 58.3 Å². The molecule has 0 spiro atoms. The molecule has 2 aliphatic rings. The molecule has 6 nitrogen and oxygen atoms in total. The SMILES string of the molecule is O=C(CSc1nnc(-c2ccco2)n1-c1ccccc1)N1CC[C@H]2CCCC[C@H]2C1. The summed E-state index contributed by atoms with van der Waals surface area (Å²) in [6.45, 7) is 1.82. The smallest absolute Gasteiger partial charge is 0.233 e. The molecule has 0 unspecified atom stereocenters. The molecular formula is C23H26N4O2S.